The van der Waals surface area contributed by atoms with Crippen LogP contribution >= 0.6 is 11.3 Å². The zero-order valence-electron chi connectivity index (χ0n) is 20.9. The number of aromatic nitrogens is 3. The zero-order valence-corrected chi connectivity index (χ0v) is 21.7. The minimum atomic E-state index is 0.692. The fourth-order valence-electron chi connectivity index (χ4n) is 5.49. The van der Waals surface area contributed by atoms with Crippen molar-refractivity contribution in [3.63, 3.8) is 0 Å². The third kappa shape index (κ3) is 3.61. The molecule has 8 aromatic rings. The van der Waals surface area contributed by atoms with Crippen LogP contribution in [-0.2, 0) is 0 Å². The lowest BCUT2D eigenvalue weighted by molar-refractivity contribution is 1.17. The van der Waals surface area contributed by atoms with Crippen molar-refractivity contribution >= 4 is 53.2 Å². The summed E-state index contributed by atoms with van der Waals surface area (Å²) in [5, 5.41) is 5.96. The minimum absolute atomic E-state index is 0.692. The normalized spacial score (nSPS) is 11.6. The highest BCUT2D eigenvalue weighted by Crippen LogP contribution is 2.43. The molecule has 0 bridgehead atoms. The van der Waals surface area contributed by atoms with Crippen LogP contribution in [-0.4, -0.2) is 15.0 Å². The number of hydrogen-bond acceptors (Lipinski definition) is 4. The first kappa shape index (κ1) is 22.1. The number of para-hydroxylation sites is 1. The van der Waals surface area contributed by atoms with E-state index in [9.17, 15) is 0 Å². The van der Waals surface area contributed by atoms with Crippen molar-refractivity contribution in [3.8, 4) is 34.0 Å². The van der Waals surface area contributed by atoms with Crippen LogP contribution in [0, 0.1) is 0 Å². The van der Waals surface area contributed by atoms with Crippen LogP contribution < -0.4 is 0 Å². The largest absolute Gasteiger partial charge is 0.245 e. The van der Waals surface area contributed by atoms with Crippen LogP contribution in [0.15, 0.2) is 127 Å². The molecule has 4 heteroatoms. The SMILES string of the molecule is c1ccc(-c2cc(-c3nc4ccccc4c4ccc5sc6ccccc6c5c34)nc(-c3ccccc3)n2)cc1. The summed E-state index contributed by atoms with van der Waals surface area (Å²) in [6.07, 6.45) is 0. The Morgan fingerprint density at radius 1 is 0.436 bits per heavy atom. The van der Waals surface area contributed by atoms with Gasteiger partial charge in [0, 0.05) is 42.1 Å². The highest BCUT2D eigenvalue weighted by Gasteiger charge is 2.19. The van der Waals surface area contributed by atoms with Crippen molar-refractivity contribution in [2.24, 2.45) is 0 Å². The van der Waals surface area contributed by atoms with Gasteiger partial charge in [-0.05, 0) is 29.7 Å². The fraction of sp³-hybridized carbons (Fsp3) is 0. The number of fused-ring (bicyclic) bond motifs is 7. The monoisotopic (exact) mass is 515 g/mol. The lowest BCUT2D eigenvalue weighted by atomic mass is 9.97. The first-order valence-electron chi connectivity index (χ1n) is 13.0. The van der Waals surface area contributed by atoms with E-state index < -0.39 is 0 Å². The Morgan fingerprint density at radius 2 is 1.10 bits per heavy atom. The molecule has 3 heterocycles. The Bertz CT molecular complexity index is 2110. The lowest BCUT2D eigenvalue weighted by Crippen LogP contribution is -1.98. The van der Waals surface area contributed by atoms with Gasteiger partial charge in [-0.1, -0.05) is 103 Å². The minimum Gasteiger partial charge on any atom is -0.245 e. The molecule has 0 spiro atoms. The van der Waals surface area contributed by atoms with Gasteiger partial charge >= 0.3 is 0 Å². The first-order chi connectivity index (χ1) is 19.3. The quantitative estimate of drug-likeness (QED) is 0.220. The average Bonchev–Trinajstić information content (AvgIpc) is 3.40. The molecule has 0 amide bonds. The second kappa shape index (κ2) is 8.83. The molecule has 5 aromatic carbocycles. The topological polar surface area (TPSA) is 38.7 Å². The predicted molar refractivity (Wildman–Crippen MR) is 164 cm³/mol. The molecule has 0 N–H and O–H groups in total. The summed E-state index contributed by atoms with van der Waals surface area (Å²) in [6, 6.07) is 44.1. The van der Waals surface area contributed by atoms with Gasteiger partial charge in [0.1, 0.15) is 0 Å². The molecule has 0 aliphatic heterocycles. The summed E-state index contributed by atoms with van der Waals surface area (Å²) in [6.45, 7) is 0. The molecule has 0 unspecified atom stereocenters. The number of rotatable bonds is 3. The van der Waals surface area contributed by atoms with E-state index >= 15 is 0 Å². The van der Waals surface area contributed by atoms with Gasteiger partial charge in [-0.15, -0.1) is 11.3 Å². The van der Waals surface area contributed by atoms with Crippen LogP contribution in [0.1, 0.15) is 0 Å². The molecule has 0 aliphatic carbocycles. The smallest absolute Gasteiger partial charge is 0.160 e. The third-order valence-electron chi connectivity index (χ3n) is 7.28. The van der Waals surface area contributed by atoms with E-state index in [1.165, 1.54) is 25.6 Å². The second-order valence-electron chi connectivity index (χ2n) is 9.63. The molecule has 3 nitrogen and oxygen atoms in total. The number of pyridine rings is 1. The summed E-state index contributed by atoms with van der Waals surface area (Å²) >= 11 is 1.83. The zero-order chi connectivity index (χ0) is 25.8. The van der Waals surface area contributed by atoms with Crippen LogP contribution in [0.25, 0.3) is 75.9 Å². The van der Waals surface area contributed by atoms with Gasteiger partial charge in [-0.3, -0.25) is 0 Å². The van der Waals surface area contributed by atoms with Crippen molar-refractivity contribution in [3.05, 3.63) is 127 Å². The van der Waals surface area contributed by atoms with Crippen molar-refractivity contribution in [2.75, 3.05) is 0 Å². The molecule has 0 saturated heterocycles. The maximum absolute atomic E-state index is 5.29. The molecule has 182 valence electrons. The van der Waals surface area contributed by atoms with E-state index in [4.69, 9.17) is 15.0 Å². The van der Waals surface area contributed by atoms with Crippen molar-refractivity contribution in [1.29, 1.82) is 0 Å². The van der Waals surface area contributed by atoms with Gasteiger partial charge in [0.2, 0.25) is 0 Å². The summed E-state index contributed by atoms with van der Waals surface area (Å²) in [4.78, 5) is 15.5. The molecule has 8 rings (SSSR count). The van der Waals surface area contributed by atoms with E-state index in [0.29, 0.717) is 5.82 Å². The van der Waals surface area contributed by atoms with Crippen molar-refractivity contribution < 1.29 is 0 Å². The van der Waals surface area contributed by atoms with Gasteiger partial charge in [0.25, 0.3) is 0 Å². The number of thiophene rings is 1. The summed E-state index contributed by atoms with van der Waals surface area (Å²) in [7, 11) is 0. The predicted octanol–water partition coefficient (Wildman–Crippen LogP) is 9.55. The maximum atomic E-state index is 5.29. The van der Waals surface area contributed by atoms with Crippen molar-refractivity contribution in [2.45, 2.75) is 0 Å². The molecular formula is C35H21N3S. The van der Waals surface area contributed by atoms with E-state index in [0.717, 1.165) is 44.5 Å². The first-order valence-corrected chi connectivity index (χ1v) is 13.8. The van der Waals surface area contributed by atoms with Gasteiger partial charge in [0.05, 0.1) is 22.6 Å². The molecule has 0 saturated carbocycles. The third-order valence-corrected chi connectivity index (χ3v) is 8.41. The lowest BCUT2D eigenvalue weighted by Gasteiger charge is -2.13. The standard InChI is InChI=1S/C35H21N3S/c1-3-11-22(12-4-1)28-21-29(38-35(37-28)23-13-5-2-6-14-23)34-33-25(24-15-7-9-17-27(24)36-34)19-20-31-32(33)26-16-8-10-18-30(26)39-31/h1-21H. The van der Waals surface area contributed by atoms with Crippen molar-refractivity contribution in [1.82, 2.24) is 15.0 Å². The van der Waals surface area contributed by atoms with E-state index in [-0.39, 0.29) is 0 Å². The number of hydrogen-bond donors (Lipinski definition) is 0. The van der Waals surface area contributed by atoms with Gasteiger partial charge in [0.15, 0.2) is 5.82 Å². The fourth-order valence-corrected chi connectivity index (χ4v) is 6.60. The summed E-state index contributed by atoms with van der Waals surface area (Å²) in [5.74, 6) is 0.692. The Labute approximate surface area is 229 Å². The molecular weight excluding hydrogens is 494 g/mol. The van der Waals surface area contributed by atoms with Crippen LogP contribution in [0.2, 0.25) is 0 Å². The number of benzene rings is 5. The molecule has 39 heavy (non-hydrogen) atoms. The Balaban J connectivity index is 1.54. The van der Waals surface area contributed by atoms with Crippen LogP contribution in [0.3, 0.4) is 0 Å². The van der Waals surface area contributed by atoms with Crippen LogP contribution in [0.4, 0.5) is 0 Å². The Kier molecular flexibility index (Phi) is 5.00. The summed E-state index contributed by atoms with van der Waals surface area (Å²) < 4.78 is 2.53. The average molecular weight is 516 g/mol. The van der Waals surface area contributed by atoms with E-state index in [1.807, 2.05) is 53.8 Å². The molecule has 0 atom stereocenters. The van der Waals surface area contributed by atoms with E-state index in [2.05, 4.69) is 84.9 Å². The van der Waals surface area contributed by atoms with Gasteiger partial charge in [-0.25, -0.2) is 15.0 Å². The highest BCUT2D eigenvalue weighted by atomic mass is 32.1. The molecule has 0 fully saturated rings. The van der Waals surface area contributed by atoms with Gasteiger partial charge in [-0.2, -0.15) is 0 Å². The molecule has 0 aliphatic rings. The number of nitrogens with zero attached hydrogens (tertiary/aromatic N) is 3. The Morgan fingerprint density at radius 3 is 1.92 bits per heavy atom. The van der Waals surface area contributed by atoms with Gasteiger partial charge < -0.3 is 0 Å². The van der Waals surface area contributed by atoms with Crippen LogP contribution in [0.5, 0.6) is 0 Å². The molecule has 0 radical (unpaired) electrons. The summed E-state index contributed by atoms with van der Waals surface area (Å²) in [5.41, 5.74) is 5.57. The maximum Gasteiger partial charge on any atom is 0.160 e. The Hall–Kier alpha value is -4.93. The highest BCUT2D eigenvalue weighted by molar-refractivity contribution is 7.26. The molecule has 3 aromatic heterocycles. The second-order valence-corrected chi connectivity index (χ2v) is 10.7. The van der Waals surface area contributed by atoms with E-state index in [1.54, 1.807) is 0 Å².